The minimum absolute atomic E-state index is 0.312. The molecule has 1 unspecified atom stereocenters. The molecule has 1 nitrogen and oxygen atoms in total. The zero-order chi connectivity index (χ0) is 9.07. The summed E-state index contributed by atoms with van der Waals surface area (Å²) in [6.07, 6.45) is 2.28. The van der Waals surface area contributed by atoms with E-state index in [4.69, 9.17) is 0 Å². The van der Waals surface area contributed by atoms with Gasteiger partial charge in [0.2, 0.25) is 0 Å². The summed E-state index contributed by atoms with van der Waals surface area (Å²) >= 11 is 0. The molecule has 0 saturated heterocycles. The Morgan fingerprint density at radius 3 is 1.82 bits per heavy atom. The minimum atomic E-state index is 0.312. The normalized spacial score (nSPS) is 14.4. The zero-order valence-electron chi connectivity index (χ0n) is 8.65. The van der Waals surface area contributed by atoms with Crippen molar-refractivity contribution >= 4 is 0 Å². The lowest BCUT2D eigenvalue weighted by Gasteiger charge is -2.28. The highest BCUT2D eigenvalue weighted by Gasteiger charge is 2.19. The average molecular weight is 155 g/mol. The van der Waals surface area contributed by atoms with Crippen molar-refractivity contribution in [1.29, 1.82) is 0 Å². The number of rotatable bonds is 2. The van der Waals surface area contributed by atoms with Crippen molar-refractivity contribution in [2.75, 3.05) is 7.05 Å². The van der Waals surface area contributed by atoms with E-state index in [9.17, 15) is 0 Å². The SMILES string of the molecule is CNC(C=C(C)C)C(C)(C)C. The lowest BCUT2D eigenvalue weighted by molar-refractivity contribution is 0.327. The lowest BCUT2D eigenvalue weighted by Crippen LogP contribution is -2.36. The van der Waals surface area contributed by atoms with Gasteiger partial charge in [0.05, 0.1) is 0 Å². The third-order valence-electron chi connectivity index (χ3n) is 1.74. The lowest BCUT2D eigenvalue weighted by atomic mass is 9.86. The van der Waals surface area contributed by atoms with E-state index in [1.54, 1.807) is 0 Å². The number of likely N-dealkylation sites (N-methyl/N-ethyl adjacent to an activating group) is 1. The van der Waals surface area contributed by atoms with Crippen LogP contribution in [-0.4, -0.2) is 13.1 Å². The second-order valence-corrected chi connectivity index (χ2v) is 4.38. The molecular formula is C10H21N. The predicted octanol–water partition coefficient (Wildman–Crippen LogP) is 2.59. The molecule has 1 atom stereocenters. The Bertz CT molecular complexity index is 135. The van der Waals surface area contributed by atoms with Gasteiger partial charge in [-0.25, -0.2) is 0 Å². The van der Waals surface area contributed by atoms with Crippen LogP contribution >= 0.6 is 0 Å². The Kier molecular flexibility index (Phi) is 3.81. The fourth-order valence-corrected chi connectivity index (χ4v) is 1.10. The van der Waals surface area contributed by atoms with Gasteiger partial charge in [-0.3, -0.25) is 0 Å². The monoisotopic (exact) mass is 155 g/mol. The highest BCUT2D eigenvalue weighted by atomic mass is 14.9. The molecule has 0 aliphatic carbocycles. The van der Waals surface area contributed by atoms with Crippen molar-refractivity contribution in [3.8, 4) is 0 Å². The Morgan fingerprint density at radius 1 is 1.27 bits per heavy atom. The highest BCUT2D eigenvalue weighted by Crippen LogP contribution is 2.20. The number of hydrogen-bond donors (Lipinski definition) is 1. The quantitative estimate of drug-likeness (QED) is 0.604. The molecule has 0 heterocycles. The van der Waals surface area contributed by atoms with E-state index in [-0.39, 0.29) is 0 Å². The standard InChI is InChI=1S/C10H21N/c1-8(2)7-9(11-6)10(3,4)5/h7,9,11H,1-6H3. The van der Waals surface area contributed by atoms with E-state index in [0.29, 0.717) is 11.5 Å². The molecule has 0 radical (unpaired) electrons. The summed E-state index contributed by atoms with van der Waals surface area (Å²) in [7, 11) is 2.01. The molecule has 0 aliphatic rings. The van der Waals surface area contributed by atoms with E-state index in [1.165, 1.54) is 5.57 Å². The average Bonchev–Trinajstić information content (AvgIpc) is 1.79. The maximum absolute atomic E-state index is 3.30. The molecule has 0 aromatic carbocycles. The fourth-order valence-electron chi connectivity index (χ4n) is 1.10. The van der Waals surface area contributed by atoms with E-state index >= 15 is 0 Å². The van der Waals surface area contributed by atoms with Crippen molar-refractivity contribution in [3.05, 3.63) is 11.6 Å². The molecular weight excluding hydrogens is 134 g/mol. The van der Waals surface area contributed by atoms with Crippen LogP contribution in [0.2, 0.25) is 0 Å². The second kappa shape index (κ2) is 3.91. The van der Waals surface area contributed by atoms with Crippen LogP contribution in [0.25, 0.3) is 0 Å². The van der Waals surface area contributed by atoms with Crippen LogP contribution in [-0.2, 0) is 0 Å². The van der Waals surface area contributed by atoms with Crippen LogP contribution in [0.3, 0.4) is 0 Å². The van der Waals surface area contributed by atoms with E-state index < -0.39 is 0 Å². The topological polar surface area (TPSA) is 12.0 Å². The summed E-state index contributed by atoms with van der Waals surface area (Å²) in [6.45, 7) is 11.0. The van der Waals surface area contributed by atoms with Gasteiger partial charge in [0, 0.05) is 6.04 Å². The molecule has 0 saturated carbocycles. The van der Waals surface area contributed by atoms with Gasteiger partial charge in [-0.2, -0.15) is 0 Å². The van der Waals surface area contributed by atoms with Gasteiger partial charge in [0.25, 0.3) is 0 Å². The van der Waals surface area contributed by atoms with Crippen LogP contribution < -0.4 is 5.32 Å². The second-order valence-electron chi connectivity index (χ2n) is 4.38. The molecule has 1 N–H and O–H groups in total. The number of hydrogen-bond acceptors (Lipinski definition) is 1. The summed E-state index contributed by atoms with van der Waals surface area (Å²) in [5.41, 5.74) is 1.69. The van der Waals surface area contributed by atoms with Crippen LogP contribution in [0.5, 0.6) is 0 Å². The molecule has 1 heteroatoms. The fraction of sp³-hybridized carbons (Fsp3) is 0.800. The molecule has 0 rings (SSSR count). The largest absolute Gasteiger partial charge is 0.313 e. The summed E-state index contributed by atoms with van der Waals surface area (Å²) in [4.78, 5) is 0. The molecule has 0 aliphatic heterocycles. The number of nitrogens with one attached hydrogen (secondary N) is 1. The van der Waals surface area contributed by atoms with E-state index in [2.05, 4.69) is 46.0 Å². The predicted molar refractivity (Wildman–Crippen MR) is 51.7 cm³/mol. The Balaban J connectivity index is 4.31. The molecule has 11 heavy (non-hydrogen) atoms. The molecule has 0 fully saturated rings. The maximum Gasteiger partial charge on any atom is 0.0298 e. The first-order valence-corrected chi connectivity index (χ1v) is 4.20. The Hall–Kier alpha value is -0.300. The zero-order valence-corrected chi connectivity index (χ0v) is 8.65. The van der Waals surface area contributed by atoms with Crippen LogP contribution in [0.15, 0.2) is 11.6 Å². The van der Waals surface area contributed by atoms with Gasteiger partial charge in [0.15, 0.2) is 0 Å². The molecule has 0 bridgehead atoms. The number of allylic oxidation sites excluding steroid dienone is 1. The minimum Gasteiger partial charge on any atom is -0.313 e. The third kappa shape index (κ3) is 4.20. The van der Waals surface area contributed by atoms with Gasteiger partial charge >= 0.3 is 0 Å². The van der Waals surface area contributed by atoms with Gasteiger partial charge in [-0.15, -0.1) is 0 Å². The summed E-state index contributed by atoms with van der Waals surface area (Å²) in [5, 5.41) is 3.30. The molecule has 0 aromatic rings. The maximum atomic E-state index is 3.30. The molecule has 0 aromatic heterocycles. The smallest absolute Gasteiger partial charge is 0.0298 e. The molecule has 0 spiro atoms. The van der Waals surface area contributed by atoms with Gasteiger partial charge < -0.3 is 5.32 Å². The Labute approximate surface area is 70.9 Å². The summed E-state index contributed by atoms with van der Waals surface area (Å²) in [6, 6.07) is 0.479. The molecule has 0 amide bonds. The summed E-state index contributed by atoms with van der Waals surface area (Å²) < 4.78 is 0. The van der Waals surface area contributed by atoms with Gasteiger partial charge in [0.1, 0.15) is 0 Å². The Morgan fingerprint density at radius 2 is 1.73 bits per heavy atom. The van der Waals surface area contributed by atoms with Crippen molar-refractivity contribution in [2.24, 2.45) is 5.41 Å². The van der Waals surface area contributed by atoms with Crippen molar-refractivity contribution in [2.45, 2.75) is 40.7 Å². The van der Waals surface area contributed by atoms with E-state index in [0.717, 1.165) is 0 Å². The van der Waals surface area contributed by atoms with Crippen LogP contribution in [0, 0.1) is 5.41 Å². The van der Waals surface area contributed by atoms with E-state index in [1.807, 2.05) is 7.05 Å². The summed E-state index contributed by atoms with van der Waals surface area (Å²) in [5.74, 6) is 0. The first kappa shape index (κ1) is 10.7. The van der Waals surface area contributed by atoms with Crippen molar-refractivity contribution in [3.63, 3.8) is 0 Å². The third-order valence-corrected chi connectivity index (χ3v) is 1.74. The van der Waals surface area contributed by atoms with Crippen LogP contribution in [0.4, 0.5) is 0 Å². The van der Waals surface area contributed by atoms with Gasteiger partial charge in [-0.05, 0) is 26.3 Å². The highest BCUT2D eigenvalue weighted by molar-refractivity contribution is 5.04. The van der Waals surface area contributed by atoms with Crippen LogP contribution in [0.1, 0.15) is 34.6 Å². The van der Waals surface area contributed by atoms with Crippen molar-refractivity contribution < 1.29 is 0 Å². The first-order chi connectivity index (χ1) is 4.88. The molecule has 66 valence electrons. The van der Waals surface area contributed by atoms with Gasteiger partial charge in [-0.1, -0.05) is 32.4 Å². The van der Waals surface area contributed by atoms with Crippen molar-refractivity contribution in [1.82, 2.24) is 5.32 Å². The first-order valence-electron chi connectivity index (χ1n) is 4.20.